The van der Waals surface area contributed by atoms with Crippen LogP contribution in [0.5, 0.6) is 0 Å². The number of pyridine rings is 1. The van der Waals surface area contributed by atoms with E-state index in [0.29, 0.717) is 12.2 Å². The summed E-state index contributed by atoms with van der Waals surface area (Å²) in [4.78, 5) is 16.2. The fourth-order valence-corrected chi connectivity index (χ4v) is 3.12. The van der Waals surface area contributed by atoms with Crippen molar-refractivity contribution in [3.63, 3.8) is 0 Å². The Bertz CT molecular complexity index is 927. The second-order valence-corrected chi connectivity index (χ2v) is 6.42. The van der Waals surface area contributed by atoms with E-state index in [-0.39, 0.29) is 5.91 Å². The lowest BCUT2D eigenvalue weighted by Gasteiger charge is -2.10. The molecular weight excluding hydrogens is 305 g/mol. The van der Waals surface area contributed by atoms with Crippen LogP contribution >= 0.6 is 0 Å². The molecule has 0 aliphatic heterocycles. The maximum Gasteiger partial charge on any atom is 0.231 e. The Balaban J connectivity index is 1.67. The number of alkyl halides is 1. The largest absolute Gasteiger partial charge is 0.309 e. The monoisotopic (exact) mass is 323 g/mol. The van der Waals surface area contributed by atoms with Gasteiger partial charge in [0.05, 0.1) is 12.1 Å². The average Bonchev–Trinajstić information content (AvgIpc) is 3.13. The number of nitrogens with zero attached hydrogens (tertiary/aromatic N) is 2. The summed E-state index contributed by atoms with van der Waals surface area (Å²) >= 11 is 0. The van der Waals surface area contributed by atoms with E-state index < -0.39 is 12.1 Å². The van der Waals surface area contributed by atoms with Crippen molar-refractivity contribution >= 4 is 17.4 Å². The summed E-state index contributed by atoms with van der Waals surface area (Å²) in [6.07, 6.45) is 3.08. The third kappa shape index (κ3) is 2.56. The van der Waals surface area contributed by atoms with Gasteiger partial charge in [0, 0.05) is 6.20 Å². The molecule has 4 rings (SSSR count). The van der Waals surface area contributed by atoms with Crippen LogP contribution in [-0.2, 0) is 4.79 Å². The van der Waals surface area contributed by atoms with Crippen molar-refractivity contribution < 1.29 is 9.18 Å². The Morgan fingerprint density at radius 2 is 1.92 bits per heavy atom. The third-order valence-corrected chi connectivity index (χ3v) is 4.52. The first-order chi connectivity index (χ1) is 11.5. The zero-order valence-electron chi connectivity index (χ0n) is 13.6. The van der Waals surface area contributed by atoms with E-state index in [1.54, 1.807) is 6.20 Å². The fraction of sp³-hybridized carbons (Fsp3) is 0.263. The lowest BCUT2D eigenvalue weighted by atomic mass is 9.97. The van der Waals surface area contributed by atoms with Crippen molar-refractivity contribution in [1.29, 1.82) is 0 Å². The SMILES string of the molecule is Cc1cccc(C)c1-c1ccc2nc(NC(=O)C3CC3F)cn2c1. The van der Waals surface area contributed by atoms with Gasteiger partial charge in [0.25, 0.3) is 0 Å². The summed E-state index contributed by atoms with van der Waals surface area (Å²) in [5.41, 5.74) is 5.47. The van der Waals surface area contributed by atoms with Crippen LogP contribution in [0.3, 0.4) is 0 Å². The molecule has 3 aromatic rings. The van der Waals surface area contributed by atoms with Gasteiger partial charge in [0.15, 0.2) is 5.82 Å². The summed E-state index contributed by atoms with van der Waals surface area (Å²) in [6.45, 7) is 4.18. The van der Waals surface area contributed by atoms with Gasteiger partial charge in [-0.1, -0.05) is 18.2 Å². The Morgan fingerprint density at radius 1 is 1.21 bits per heavy atom. The minimum absolute atomic E-state index is 0.291. The number of aromatic nitrogens is 2. The van der Waals surface area contributed by atoms with Crippen LogP contribution in [0.2, 0.25) is 0 Å². The molecule has 1 aliphatic rings. The van der Waals surface area contributed by atoms with Gasteiger partial charge in [-0.3, -0.25) is 4.79 Å². The summed E-state index contributed by atoms with van der Waals surface area (Å²) in [5.74, 6) is -0.348. The molecule has 0 saturated heterocycles. The number of imidazole rings is 1. The second kappa shape index (κ2) is 5.44. The molecule has 1 saturated carbocycles. The number of rotatable bonds is 3. The highest BCUT2D eigenvalue weighted by Crippen LogP contribution is 2.34. The van der Waals surface area contributed by atoms with E-state index >= 15 is 0 Å². The quantitative estimate of drug-likeness (QED) is 0.794. The number of nitrogens with one attached hydrogen (secondary N) is 1. The Hall–Kier alpha value is -2.69. The molecule has 1 aliphatic carbocycles. The minimum Gasteiger partial charge on any atom is -0.309 e. The van der Waals surface area contributed by atoms with Crippen molar-refractivity contribution in [3.05, 3.63) is 53.9 Å². The van der Waals surface area contributed by atoms with Crippen molar-refractivity contribution in [1.82, 2.24) is 9.38 Å². The highest BCUT2D eigenvalue weighted by atomic mass is 19.1. The van der Waals surface area contributed by atoms with E-state index in [4.69, 9.17) is 0 Å². The maximum absolute atomic E-state index is 13.0. The van der Waals surface area contributed by atoms with Gasteiger partial charge < -0.3 is 9.72 Å². The first-order valence-corrected chi connectivity index (χ1v) is 8.03. The molecule has 5 heteroatoms. The number of aryl methyl sites for hydroxylation is 2. The number of carbonyl (C=O) groups is 1. The average molecular weight is 323 g/mol. The molecule has 1 amide bonds. The van der Waals surface area contributed by atoms with Gasteiger partial charge in [-0.05, 0) is 54.7 Å². The van der Waals surface area contributed by atoms with Gasteiger partial charge in [0.2, 0.25) is 5.91 Å². The number of hydrogen-bond donors (Lipinski definition) is 1. The number of carbonyl (C=O) groups excluding carboxylic acids is 1. The molecule has 2 aromatic heterocycles. The second-order valence-electron chi connectivity index (χ2n) is 6.42. The number of halogens is 1. The Labute approximate surface area is 139 Å². The zero-order chi connectivity index (χ0) is 16.8. The molecule has 4 nitrogen and oxygen atoms in total. The number of hydrogen-bond acceptors (Lipinski definition) is 2. The van der Waals surface area contributed by atoms with Gasteiger partial charge in [0.1, 0.15) is 11.8 Å². The summed E-state index contributed by atoms with van der Waals surface area (Å²) in [6, 6.07) is 10.2. The van der Waals surface area contributed by atoms with E-state index in [2.05, 4.69) is 36.3 Å². The molecule has 1 aromatic carbocycles. The molecule has 24 heavy (non-hydrogen) atoms. The molecule has 2 unspecified atom stereocenters. The van der Waals surface area contributed by atoms with Crippen LogP contribution in [-0.4, -0.2) is 21.5 Å². The number of amides is 1. The maximum atomic E-state index is 13.0. The number of anilines is 1. The molecule has 0 bridgehead atoms. The number of fused-ring (bicyclic) bond motifs is 1. The lowest BCUT2D eigenvalue weighted by Crippen LogP contribution is -2.15. The molecule has 122 valence electrons. The van der Waals surface area contributed by atoms with Crippen LogP contribution in [0.15, 0.2) is 42.7 Å². The van der Waals surface area contributed by atoms with Crippen LogP contribution in [0, 0.1) is 19.8 Å². The molecule has 1 fully saturated rings. The summed E-state index contributed by atoms with van der Waals surface area (Å²) in [5, 5.41) is 2.69. The molecule has 1 N–H and O–H groups in total. The van der Waals surface area contributed by atoms with E-state index in [1.807, 2.05) is 28.8 Å². The van der Waals surface area contributed by atoms with Gasteiger partial charge in [-0.2, -0.15) is 0 Å². The van der Waals surface area contributed by atoms with Crippen molar-refractivity contribution in [2.24, 2.45) is 5.92 Å². The van der Waals surface area contributed by atoms with Crippen LogP contribution in [0.4, 0.5) is 10.2 Å². The summed E-state index contributed by atoms with van der Waals surface area (Å²) in [7, 11) is 0. The van der Waals surface area contributed by atoms with Crippen molar-refractivity contribution in [2.75, 3.05) is 5.32 Å². The van der Waals surface area contributed by atoms with Gasteiger partial charge >= 0.3 is 0 Å². The molecule has 2 heterocycles. The minimum atomic E-state index is -1.00. The Kier molecular flexibility index (Phi) is 3.37. The molecule has 0 spiro atoms. The lowest BCUT2D eigenvalue weighted by molar-refractivity contribution is -0.117. The predicted molar refractivity (Wildman–Crippen MR) is 91.7 cm³/mol. The van der Waals surface area contributed by atoms with E-state index in [9.17, 15) is 9.18 Å². The molecule has 0 radical (unpaired) electrons. The van der Waals surface area contributed by atoms with Gasteiger partial charge in [-0.15, -0.1) is 0 Å². The van der Waals surface area contributed by atoms with Crippen LogP contribution in [0.1, 0.15) is 17.5 Å². The smallest absolute Gasteiger partial charge is 0.231 e. The normalized spacial score (nSPS) is 19.5. The highest BCUT2D eigenvalue weighted by molar-refractivity contribution is 5.94. The topological polar surface area (TPSA) is 46.4 Å². The van der Waals surface area contributed by atoms with Crippen LogP contribution < -0.4 is 5.32 Å². The van der Waals surface area contributed by atoms with E-state index in [0.717, 1.165) is 11.2 Å². The van der Waals surface area contributed by atoms with Gasteiger partial charge in [-0.25, -0.2) is 9.37 Å². The van der Waals surface area contributed by atoms with Crippen molar-refractivity contribution in [3.8, 4) is 11.1 Å². The molecular formula is C19H18FN3O. The standard InChI is InChI=1S/C19H18FN3O/c1-11-4-3-5-12(2)18(11)13-6-7-17-21-16(10-23(17)9-13)22-19(24)14-8-15(14)20/h3-7,9-10,14-15H,8H2,1-2H3,(H,22,24). The third-order valence-electron chi connectivity index (χ3n) is 4.52. The predicted octanol–water partition coefficient (Wildman–Crippen LogP) is 3.91. The van der Waals surface area contributed by atoms with Crippen LogP contribution in [0.25, 0.3) is 16.8 Å². The highest BCUT2D eigenvalue weighted by Gasteiger charge is 2.43. The molecule has 2 atom stereocenters. The first kappa shape index (κ1) is 14.9. The first-order valence-electron chi connectivity index (χ1n) is 8.03. The van der Waals surface area contributed by atoms with E-state index in [1.165, 1.54) is 16.7 Å². The zero-order valence-corrected chi connectivity index (χ0v) is 13.6. The van der Waals surface area contributed by atoms with Crippen molar-refractivity contribution in [2.45, 2.75) is 26.4 Å². The number of benzene rings is 1. The Morgan fingerprint density at radius 3 is 2.58 bits per heavy atom. The fourth-order valence-electron chi connectivity index (χ4n) is 3.12. The summed E-state index contributed by atoms with van der Waals surface area (Å²) < 4.78 is 14.8.